The molecule has 0 aliphatic carbocycles. The van der Waals surface area contributed by atoms with Gasteiger partial charge >= 0.3 is 6.18 Å². The number of halogens is 3. The summed E-state index contributed by atoms with van der Waals surface area (Å²) in [6, 6.07) is 4.92. The Kier molecular flexibility index (Phi) is 6.04. The van der Waals surface area contributed by atoms with Gasteiger partial charge in [-0.25, -0.2) is 0 Å². The Morgan fingerprint density at radius 2 is 1.85 bits per heavy atom. The molecule has 2 heterocycles. The lowest BCUT2D eigenvalue weighted by Gasteiger charge is -2.26. The molecule has 0 radical (unpaired) electrons. The molecule has 1 atom stereocenters. The van der Waals surface area contributed by atoms with Crippen LogP contribution in [0.4, 0.5) is 13.2 Å². The van der Waals surface area contributed by atoms with Crippen LogP contribution in [-0.2, 0) is 22.3 Å². The molecule has 0 bridgehead atoms. The first-order valence-corrected chi connectivity index (χ1v) is 9.27. The van der Waals surface area contributed by atoms with E-state index in [1.54, 1.807) is 0 Å². The van der Waals surface area contributed by atoms with Crippen LogP contribution in [0.25, 0.3) is 0 Å². The van der Waals surface area contributed by atoms with Crippen LogP contribution in [0.2, 0.25) is 0 Å². The Bertz CT molecular complexity index is 687. The first-order chi connectivity index (χ1) is 12.8. The minimum atomic E-state index is -4.46. The lowest BCUT2D eigenvalue weighted by molar-refractivity contribution is -0.139. The number of likely N-dealkylation sites (tertiary alicyclic amines) is 2. The van der Waals surface area contributed by atoms with Gasteiger partial charge in [0.1, 0.15) is 0 Å². The number of alkyl halides is 3. The summed E-state index contributed by atoms with van der Waals surface area (Å²) < 4.78 is 39.4. The predicted molar refractivity (Wildman–Crippen MR) is 93.7 cm³/mol. The van der Waals surface area contributed by atoms with Crippen molar-refractivity contribution in [2.75, 3.05) is 26.2 Å². The average Bonchev–Trinajstić information content (AvgIpc) is 2.94. The Morgan fingerprint density at radius 1 is 1.15 bits per heavy atom. The number of amides is 2. The molecule has 2 aliphatic rings. The Balaban J connectivity index is 1.56. The third-order valence-electron chi connectivity index (χ3n) is 5.08. The van der Waals surface area contributed by atoms with Gasteiger partial charge in [-0.15, -0.1) is 0 Å². The molecule has 8 heteroatoms. The summed E-state index contributed by atoms with van der Waals surface area (Å²) in [5.41, 5.74) is -0.658. The summed E-state index contributed by atoms with van der Waals surface area (Å²) in [4.78, 5) is 27.9. The molecule has 1 aromatic rings. The standard InChI is InChI=1S/C19H24F3N3O2/c20-19(21,22)16-7-3-2-6-14(16)11-25-12-15(10-18(25)27)23-17(26)13-24-8-4-1-5-9-24/h2-3,6-7,15H,1,4-5,8-13H2,(H,23,26). The molecule has 0 aromatic heterocycles. The fourth-order valence-corrected chi connectivity index (χ4v) is 3.76. The molecule has 1 N–H and O–H groups in total. The van der Waals surface area contributed by atoms with Crippen molar-refractivity contribution in [2.45, 2.75) is 44.4 Å². The van der Waals surface area contributed by atoms with Crippen LogP contribution in [0.5, 0.6) is 0 Å². The SMILES string of the molecule is O=C(CN1CCCCC1)NC1CC(=O)N(Cc2ccccc2C(F)(F)F)C1. The largest absolute Gasteiger partial charge is 0.416 e. The molecule has 2 fully saturated rings. The average molecular weight is 383 g/mol. The fourth-order valence-electron chi connectivity index (χ4n) is 3.76. The first kappa shape index (κ1) is 19.7. The van der Waals surface area contributed by atoms with E-state index in [4.69, 9.17) is 0 Å². The Morgan fingerprint density at radius 3 is 2.56 bits per heavy atom. The van der Waals surface area contributed by atoms with Crippen molar-refractivity contribution in [2.24, 2.45) is 0 Å². The molecule has 5 nitrogen and oxygen atoms in total. The molecule has 2 aliphatic heterocycles. The molecular formula is C19H24F3N3O2. The molecule has 27 heavy (non-hydrogen) atoms. The van der Waals surface area contributed by atoms with Gasteiger partial charge in [-0.3, -0.25) is 14.5 Å². The van der Waals surface area contributed by atoms with E-state index >= 15 is 0 Å². The predicted octanol–water partition coefficient (Wildman–Crippen LogP) is 2.41. The fraction of sp³-hybridized carbons (Fsp3) is 0.579. The van der Waals surface area contributed by atoms with Crippen LogP contribution in [0.3, 0.4) is 0 Å². The highest BCUT2D eigenvalue weighted by Gasteiger charge is 2.36. The zero-order valence-electron chi connectivity index (χ0n) is 15.1. The lowest BCUT2D eigenvalue weighted by Crippen LogP contribution is -2.44. The third-order valence-corrected chi connectivity index (χ3v) is 5.08. The highest BCUT2D eigenvalue weighted by molar-refractivity contribution is 5.83. The van der Waals surface area contributed by atoms with Gasteiger partial charge < -0.3 is 10.2 Å². The van der Waals surface area contributed by atoms with E-state index in [0.717, 1.165) is 32.0 Å². The quantitative estimate of drug-likeness (QED) is 0.850. The molecule has 0 spiro atoms. The monoisotopic (exact) mass is 383 g/mol. The summed E-state index contributed by atoms with van der Waals surface area (Å²) in [5.74, 6) is -0.373. The van der Waals surface area contributed by atoms with Crippen molar-refractivity contribution in [1.82, 2.24) is 15.1 Å². The van der Waals surface area contributed by atoms with E-state index in [-0.39, 0.29) is 42.9 Å². The summed E-state index contributed by atoms with van der Waals surface area (Å²) in [7, 11) is 0. The van der Waals surface area contributed by atoms with Gasteiger partial charge in [-0.1, -0.05) is 24.6 Å². The van der Waals surface area contributed by atoms with Crippen molar-refractivity contribution in [3.8, 4) is 0 Å². The van der Waals surface area contributed by atoms with Gasteiger partial charge in [0, 0.05) is 19.5 Å². The molecular weight excluding hydrogens is 359 g/mol. The summed E-state index contributed by atoms with van der Waals surface area (Å²) >= 11 is 0. The van der Waals surface area contributed by atoms with Crippen LogP contribution in [0.15, 0.2) is 24.3 Å². The first-order valence-electron chi connectivity index (χ1n) is 9.27. The smallest absolute Gasteiger partial charge is 0.350 e. The van der Waals surface area contributed by atoms with Gasteiger partial charge in [-0.2, -0.15) is 13.2 Å². The topological polar surface area (TPSA) is 52.7 Å². The van der Waals surface area contributed by atoms with E-state index in [0.29, 0.717) is 6.54 Å². The maximum atomic E-state index is 13.1. The number of carbonyl (C=O) groups excluding carboxylic acids is 2. The number of nitrogens with zero attached hydrogens (tertiary/aromatic N) is 2. The van der Waals surface area contributed by atoms with Gasteiger partial charge in [0.15, 0.2) is 0 Å². The van der Waals surface area contributed by atoms with Crippen molar-refractivity contribution >= 4 is 11.8 Å². The van der Waals surface area contributed by atoms with Gasteiger partial charge in [-0.05, 0) is 37.6 Å². The molecule has 2 saturated heterocycles. The van der Waals surface area contributed by atoms with Crippen LogP contribution in [0, 0.1) is 0 Å². The van der Waals surface area contributed by atoms with E-state index in [1.807, 2.05) is 0 Å². The van der Waals surface area contributed by atoms with Crippen LogP contribution in [-0.4, -0.2) is 53.8 Å². The van der Waals surface area contributed by atoms with Crippen molar-refractivity contribution in [3.63, 3.8) is 0 Å². The minimum absolute atomic E-state index is 0.0682. The zero-order chi connectivity index (χ0) is 19.4. The third kappa shape index (κ3) is 5.22. The summed E-state index contributed by atoms with van der Waals surface area (Å²) in [6.45, 7) is 2.24. The Labute approximate surface area is 156 Å². The highest BCUT2D eigenvalue weighted by Crippen LogP contribution is 2.32. The van der Waals surface area contributed by atoms with Crippen molar-refractivity contribution < 1.29 is 22.8 Å². The maximum absolute atomic E-state index is 13.1. The number of hydrogen-bond acceptors (Lipinski definition) is 3. The number of rotatable bonds is 5. The highest BCUT2D eigenvalue weighted by atomic mass is 19.4. The van der Waals surface area contributed by atoms with Gasteiger partial charge in [0.25, 0.3) is 0 Å². The Hall–Kier alpha value is -2.09. The van der Waals surface area contributed by atoms with E-state index in [9.17, 15) is 22.8 Å². The van der Waals surface area contributed by atoms with Crippen LogP contribution in [0.1, 0.15) is 36.8 Å². The summed E-state index contributed by atoms with van der Waals surface area (Å²) in [5, 5.41) is 2.85. The van der Waals surface area contributed by atoms with Gasteiger partial charge in [0.2, 0.25) is 11.8 Å². The number of nitrogens with one attached hydrogen (secondary N) is 1. The molecule has 2 amide bonds. The molecule has 1 unspecified atom stereocenters. The van der Waals surface area contributed by atoms with Crippen LogP contribution >= 0.6 is 0 Å². The second kappa shape index (κ2) is 8.29. The maximum Gasteiger partial charge on any atom is 0.416 e. The van der Waals surface area contributed by atoms with Gasteiger partial charge in [0.05, 0.1) is 18.2 Å². The second-order valence-electron chi connectivity index (χ2n) is 7.23. The molecule has 148 valence electrons. The summed E-state index contributed by atoms with van der Waals surface area (Å²) in [6.07, 6.45) is -0.978. The van der Waals surface area contributed by atoms with E-state index in [2.05, 4.69) is 10.2 Å². The van der Waals surface area contributed by atoms with E-state index in [1.165, 1.54) is 29.5 Å². The normalized spacial score (nSPS) is 21.5. The number of benzene rings is 1. The molecule has 1 aromatic carbocycles. The van der Waals surface area contributed by atoms with Crippen molar-refractivity contribution in [1.29, 1.82) is 0 Å². The van der Waals surface area contributed by atoms with E-state index < -0.39 is 11.7 Å². The van der Waals surface area contributed by atoms with Crippen LogP contribution < -0.4 is 5.32 Å². The number of hydrogen-bond donors (Lipinski definition) is 1. The number of piperidine rings is 1. The minimum Gasteiger partial charge on any atom is -0.350 e. The van der Waals surface area contributed by atoms with Crippen molar-refractivity contribution in [3.05, 3.63) is 35.4 Å². The second-order valence-corrected chi connectivity index (χ2v) is 7.23. The molecule has 0 saturated carbocycles. The molecule has 3 rings (SSSR count). The zero-order valence-corrected chi connectivity index (χ0v) is 15.1. The number of carbonyl (C=O) groups is 2. The lowest BCUT2D eigenvalue weighted by atomic mass is 10.1.